The second kappa shape index (κ2) is 6.67. The van der Waals surface area contributed by atoms with Gasteiger partial charge in [-0.1, -0.05) is 6.92 Å². The molecule has 0 aliphatic carbocycles. The van der Waals surface area contributed by atoms with E-state index in [4.69, 9.17) is 5.41 Å². The van der Waals surface area contributed by atoms with Crippen LogP contribution in [0.2, 0.25) is 0 Å². The highest BCUT2D eigenvalue weighted by Crippen LogP contribution is 1.76. The van der Waals surface area contributed by atoms with E-state index in [2.05, 4.69) is 22.0 Å². The van der Waals surface area contributed by atoms with E-state index in [1.165, 1.54) is 12.5 Å². The lowest BCUT2D eigenvalue weighted by Gasteiger charge is -1.95. The van der Waals surface area contributed by atoms with Crippen LogP contribution in [-0.2, 0) is 0 Å². The smallest absolute Gasteiger partial charge is 0.114 e. The molecule has 0 fully saturated rings. The van der Waals surface area contributed by atoms with E-state index < -0.39 is 0 Å². The molecular weight excluding hydrogens is 140 g/mol. The molecule has 4 nitrogen and oxygen atoms in total. The average Bonchev–Trinajstić information content (AvgIpc) is 2.04. The zero-order valence-corrected chi connectivity index (χ0v) is 6.54. The first kappa shape index (κ1) is 9.55. The zero-order chi connectivity index (χ0) is 8.53. The molecule has 0 heterocycles. The van der Waals surface area contributed by atoms with Gasteiger partial charge in [-0.2, -0.15) is 0 Å². The van der Waals surface area contributed by atoms with Crippen LogP contribution in [0, 0.1) is 5.41 Å². The Kier molecular flexibility index (Phi) is 5.79. The topological polar surface area (TPSA) is 60.6 Å². The molecule has 0 aromatic rings. The number of hydrogen-bond acceptors (Lipinski definition) is 2. The lowest BCUT2D eigenvalue weighted by Crippen LogP contribution is -2.13. The number of rotatable bonds is 4. The van der Waals surface area contributed by atoms with E-state index in [1.54, 1.807) is 6.20 Å². The van der Waals surface area contributed by atoms with Crippen molar-refractivity contribution in [3.05, 3.63) is 12.4 Å². The Morgan fingerprint density at radius 2 is 2.45 bits per heavy atom. The molecule has 60 valence electrons. The molecule has 2 N–H and O–H groups in total. The average molecular weight is 152 g/mol. The van der Waals surface area contributed by atoms with Crippen molar-refractivity contribution in [1.82, 2.24) is 5.32 Å². The lowest BCUT2D eigenvalue weighted by atomic mass is 10.4. The van der Waals surface area contributed by atoms with Crippen molar-refractivity contribution in [3.8, 4) is 0 Å². The summed E-state index contributed by atoms with van der Waals surface area (Å²) in [4.78, 5) is 7.10. The highest BCUT2D eigenvalue weighted by molar-refractivity contribution is 5.79. The molecule has 0 aliphatic rings. The maximum absolute atomic E-state index is 7.17. The summed E-state index contributed by atoms with van der Waals surface area (Å²) in [7, 11) is 0. The van der Waals surface area contributed by atoms with Crippen LogP contribution in [0.25, 0.3) is 0 Å². The first-order valence-corrected chi connectivity index (χ1v) is 3.27. The van der Waals surface area contributed by atoms with Crippen molar-refractivity contribution in [2.75, 3.05) is 0 Å². The Morgan fingerprint density at radius 1 is 1.73 bits per heavy atom. The molecule has 0 aliphatic heterocycles. The third-order valence-electron chi connectivity index (χ3n) is 0.920. The Morgan fingerprint density at radius 3 is 3.00 bits per heavy atom. The largest absolute Gasteiger partial charge is 0.349 e. The van der Waals surface area contributed by atoms with Crippen molar-refractivity contribution in [2.45, 2.75) is 13.3 Å². The Balaban J connectivity index is 3.52. The van der Waals surface area contributed by atoms with E-state index in [0.717, 1.165) is 0 Å². The molecule has 0 atom stereocenters. The van der Waals surface area contributed by atoms with E-state index >= 15 is 0 Å². The minimum Gasteiger partial charge on any atom is -0.349 e. The summed E-state index contributed by atoms with van der Waals surface area (Å²) in [5.41, 5.74) is 0. The fourth-order valence-corrected chi connectivity index (χ4v) is 0.369. The quantitative estimate of drug-likeness (QED) is 0.461. The van der Waals surface area contributed by atoms with Gasteiger partial charge in [0.1, 0.15) is 6.34 Å². The highest BCUT2D eigenvalue weighted by atomic mass is 14.9. The molecule has 0 aromatic heterocycles. The highest BCUT2D eigenvalue weighted by Gasteiger charge is 1.82. The van der Waals surface area contributed by atoms with Gasteiger partial charge in [-0.05, 0) is 6.72 Å². The SMILES string of the molecule is C=N/C=N\C=C\NC(=N)CC. The second-order valence-electron chi connectivity index (χ2n) is 1.74. The summed E-state index contributed by atoms with van der Waals surface area (Å²) in [5.74, 6) is 0.461. The molecule has 0 saturated heterocycles. The van der Waals surface area contributed by atoms with Gasteiger partial charge in [-0.3, -0.25) is 10.4 Å². The first-order chi connectivity index (χ1) is 5.31. The van der Waals surface area contributed by atoms with Crippen molar-refractivity contribution < 1.29 is 0 Å². The standard InChI is InChI=1S/C7H12N4/c1-3-7(8)11-5-4-10-6-9-2/h4-6H,2-3H2,1H3,(H2,8,11)/b5-4+,10-6-. The van der Waals surface area contributed by atoms with Gasteiger partial charge in [0, 0.05) is 18.8 Å². The number of hydrogen-bond donors (Lipinski definition) is 2. The number of nitrogens with one attached hydrogen (secondary N) is 2. The molecule has 0 spiro atoms. The van der Waals surface area contributed by atoms with Crippen LogP contribution in [0.1, 0.15) is 13.3 Å². The van der Waals surface area contributed by atoms with E-state index in [9.17, 15) is 0 Å². The van der Waals surface area contributed by atoms with Crippen LogP contribution in [0.15, 0.2) is 22.4 Å². The lowest BCUT2D eigenvalue weighted by molar-refractivity contribution is 1.10. The minimum absolute atomic E-state index is 0.461. The summed E-state index contributed by atoms with van der Waals surface area (Å²) in [6, 6.07) is 0. The van der Waals surface area contributed by atoms with Crippen molar-refractivity contribution in [3.63, 3.8) is 0 Å². The van der Waals surface area contributed by atoms with E-state index in [1.807, 2.05) is 6.92 Å². The molecule has 0 amide bonds. The summed E-state index contributed by atoms with van der Waals surface area (Å²) < 4.78 is 0. The number of aliphatic imine (C=N–C) groups is 2. The zero-order valence-electron chi connectivity index (χ0n) is 6.54. The Hall–Kier alpha value is -1.45. The molecule has 0 rings (SSSR count). The molecule has 0 bridgehead atoms. The van der Waals surface area contributed by atoms with E-state index in [0.29, 0.717) is 12.3 Å². The van der Waals surface area contributed by atoms with Gasteiger partial charge >= 0.3 is 0 Å². The third-order valence-corrected chi connectivity index (χ3v) is 0.920. The molecule has 0 aromatic carbocycles. The van der Waals surface area contributed by atoms with Crippen LogP contribution in [-0.4, -0.2) is 18.9 Å². The van der Waals surface area contributed by atoms with Gasteiger partial charge in [0.2, 0.25) is 0 Å². The van der Waals surface area contributed by atoms with Gasteiger partial charge in [0.05, 0.1) is 5.84 Å². The van der Waals surface area contributed by atoms with Gasteiger partial charge in [0.15, 0.2) is 0 Å². The van der Waals surface area contributed by atoms with Crippen LogP contribution in [0.5, 0.6) is 0 Å². The van der Waals surface area contributed by atoms with Crippen molar-refractivity contribution >= 4 is 18.9 Å². The molecule has 4 heteroatoms. The van der Waals surface area contributed by atoms with Crippen LogP contribution in [0.4, 0.5) is 0 Å². The molecule has 0 saturated carbocycles. The summed E-state index contributed by atoms with van der Waals surface area (Å²) in [5, 5.41) is 9.89. The fraction of sp³-hybridized carbons (Fsp3) is 0.286. The molecule has 0 unspecified atom stereocenters. The van der Waals surface area contributed by atoms with Gasteiger partial charge in [0.25, 0.3) is 0 Å². The Bertz CT molecular complexity index is 181. The third kappa shape index (κ3) is 6.44. The van der Waals surface area contributed by atoms with Crippen LogP contribution in [0.3, 0.4) is 0 Å². The molecular formula is C7H12N4. The van der Waals surface area contributed by atoms with Gasteiger partial charge in [-0.15, -0.1) is 0 Å². The van der Waals surface area contributed by atoms with Crippen molar-refractivity contribution in [1.29, 1.82) is 5.41 Å². The molecule has 11 heavy (non-hydrogen) atoms. The van der Waals surface area contributed by atoms with Crippen LogP contribution >= 0.6 is 0 Å². The maximum Gasteiger partial charge on any atom is 0.114 e. The first-order valence-electron chi connectivity index (χ1n) is 3.27. The monoisotopic (exact) mass is 152 g/mol. The predicted molar refractivity (Wildman–Crippen MR) is 48.3 cm³/mol. The summed E-state index contributed by atoms with van der Waals surface area (Å²) >= 11 is 0. The second-order valence-corrected chi connectivity index (χ2v) is 1.74. The normalized spacial score (nSPS) is 10.6. The summed E-state index contributed by atoms with van der Waals surface area (Å²) in [6.07, 6.45) is 5.11. The maximum atomic E-state index is 7.17. The predicted octanol–water partition coefficient (Wildman–Crippen LogP) is 1.16. The summed E-state index contributed by atoms with van der Waals surface area (Å²) in [6.45, 7) is 5.11. The van der Waals surface area contributed by atoms with E-state index in [-0.39, 0.29) is 0 Å². The van der Waals surface area contributed by atoms with Crippen molar-refractivity contribution in [2.24, 2.45) is 9.98 Å². The molecule has 0 radical (unpaired) electrons. The minimum atomic E-state index is 0.461. The van der Waals surface area contributed by atoms with Gasteiger partial charge < -0.3 is 5.32 Å². The Labute approximate surface area is 66.3 Å². The number of amidine groups is 1. The fourth-order valence-electron chi connectivity index (χ4n) is 0.369. The van der Waals surface area contributed by atoms with Crippen LogP contribution < -0.4 is 5.32 Å². The number of nitrogens with zero attached hydrogens (tertiary/aromatic N) is 2. The van der Waals surface area contributed by atoms with Gasteiger partial charge in [-0.25, -0.2) is 4.99 Å².